The lowest BCUT2D eigenvalue weighted by Gasteiger charge is -2.24. The van der Waals surface area contributed by atoms with E-state index in [4.69, 9.17) is 0 Å². The van der Waals surface area contributed by atoms with Crippen molar-refractivity contribution in [2.45, 2.75) is 32.7 Å². The third-order valence-electron chi connectivity index (χ3n) is 3.25. The minimum atomic E-state index is 0.00969. The second-order valence-corrected chi connectivity index (χ2v) is 4.57. The maximum atomic E-state index is 12.4. The van der Waals surface area contributed by atoms with Gasteiger partial charge in [-0.3, -0.25) is 4.79 Å². The lowest BCUT2D eigenvalue weighted by atomic mass is 10.1. The number of likely N-dealkylation sites (N-methyl/N-ethyl adjacent to an activating group) is 1. The van der Waals surface area contributed by atoms with Crippen LogP contribution in [0.5, 0.6) is 0 Å². The van der Waals surface area contributed by atoms with Crippen molar-refractivity contribution in [3.05, 3.63) is 29.8 Å². The maximum absolute atomic E-state index is 12.4. The van der Waals surface area contributed by atoms with Gasteiger partial charge < -0.3 is 10.2 Å². The van der Waals surface area contributed by atoms with Crippen molar-refractivity contribution in [2.75, 3.05) is 18.0 Å². The number of carbonyl (C=O) groups is 1. The Hall–Kier alpha value is -1.35. The smallest absolute Gasteiger partial charge is 0.244 e. The molecule has 1 unspecified atom stereocenters. The summed E-state index contributed by atoms with van der Waals surface area (Å²) in [6.07, 6.45) is 2.06. The molecule has 92 valence electrons. The van der Waals surface area contributed by atoms with Crippen molar-refractivity contribution in [2.24, 2.45) is 0 Å². The summed E-state index contributed by atoms with van der Waals surface area (Å²) in [5.41, 5.74) is 2.19. The summed E-state index contributed by atoms with van der Waals surface area (Å²) in [4.78, 5) is 14.2. The molecule has 3 nitrogen and oxygen atoms in total. The molecule has 0 aliphatic carbocycles. The van der Waals surface area contributed by atoms with E-state index in [1.165, 1.54) is 5.56 Å². The number of hydrogen-bond acceptors (Lipinski definition) is 2. The summed E-state index contributed by atoms with van der Waals surface area (Å²) in [6.45, 7) is 5.76. The first-order valence-electron chi connectivity index (χ1n) is 6.34. The van der Waals surface area contributed by atoms with Crippen LogP contribution >= 0.6 is 0 Å². The summed E-state index contributed by atoms with van der Waals surface area (Å²) in [5, 5.41) is 3.26. The standard InChI is InChI=1S/C14H20N2O/c1-3-16(12-7-4-6-11(2)10-12)14(17)13-8-5-9-15-13/h4,6-7,10,13,15H,3,5,8-9H2,1-2H3. The number of benzene rings is 1. The van der Waals surface area contributed by atoms with Crippen LogP contribution in [0.25, 0.3) is 0 Å². The molecule has 1 aromatic rings. The minimum Gasteiger partial charge on any atom is -0.311 e. The molecule has 1 amide bonds. The van der Waals surface area contributed by atoms with Crippen molar-refractivity contribution in [3.63, 3.8) is 0 Å². The number of anilines is 1. The Balaban J connectivity index is 2.17. The van der Waals surface area contributed by atoms with Gasteiger partial charge in [-0.25, -0.2) is 0 Å². The molecule has 1 atom stereocenters. The third-order valence-corrected chi connectivity index (χ3v) is 3.25. The molecule has 1 heterocycles. The predicted octanol–water partition coefficient (Wildman–Crippen LogP) is 2.10. The molecule has 0 spiro atoms. The number of amides is 1. The quantitative estimate of drug-likeness (QED) is 0.865. The van der Waals surface area contributed by atoms with E-state index in [2.05, 4.69) is 24.4 Å². The van der Waals surface area contributed by atoms with Crippen LogP contribution < -0.4 is 10.2 Å². The molecule has 0 radical (unpaired) electrons. The summed E-state index contributed by atoms with van der Waals surface area (Å²) in [6, 6.07) is 8.13. The molecule has 1 aliphatic heterocycles. The lowest BCUT2D eigenvalue weighted by Crippen LogP contribution is -2.43. The zero-order chi connectivity index (χ0) is 12.3. The number of nitrogens with zero attached hydrogens (tertiary/aromatic N) is 1. The van der Waals surface area contributed by atoms with E-state index < -0.39 is 0 Å². The van der Waals surface area contributed by atoms with E-state index in [1.807, 2.05) is 24.0 Å². The van der Waals surface area contributed by atoms with Gasteiger partial charge in [-0.1, -0.05) is 12.1 Å². The van der Waals surface area contributed by atoms with E-state index in [0.717, 1.165) is 31.6 Å². The molecule has 2 rings (SSSR count). The van der Waals surface area contributed by atoms with Gasteiger partial charge in [-0.15, -0.1) is 0 Å². The number of hydrogen-bond donors (Lipinski definition) is 1. The topological polar surface area (TPSA) is 32.3 Å². The first-order chi connectivity index (χ1) is 8.22. The average molecular weight is 232 g/mol. The Morgan fingerprint density at radius 2 is 2.35 bits per heavy atom. The fraction of sp³-hybridized carbons (Fsp3) is 0.500. The molecule has 0 aromatic heterocycles. The number of aryl methyl sites for hydroxylation is 1. The van der Waals surface area contributed by atoms with Crippen molar-refractivity contribution in [1.29, 1.82) is 0 Å². The van der Waals surface area contributed by atoms with Crippen molar-refractivity contribution >= 4 is 11.6 Å². The normalized spacial score (nSPS) is 19.3. The molecular weight excluding hydrogens is 212 g/mol. The van der Waals surface area contributed by atoms with Gasteiger partial charge in [0.05, 0.1) is 6.04 Å². The number of rotatable bonds is 3. The SMILES string of the molecule is CCN(C(=O)C1CCCN1)c1cccc(C)c1. The van der Waals surface area contributed by atoms with Crippen LogP contribution in [0.1, 0.15) is 25.3 Å². The van der Waals surface area contributed by atoms with Gasteiger partial charge in [0.15, 0.2) is 0 Å². The van der Waals surface area contributed by atoms with E-state index in [1.54, 1.807) is 0 Å². The molecule has 1 aromatic carbocycles. The van der Waals surface area contributed by atoms with E-state index >= 15 is 0 Å². The largest absolute Gasteiger partial charge is 0.311 e. The van der Waals surface area contributed by atoms with Gasteiger partial charge in [0, 0.05) is 12.2 Å². The van der Waals surface area contributed by atoms with E-state index in [-0.39, 0.29) is 11.9 Å². The highest BCUT2D eigenvalue weighted by Crippen LogP contribution is 2.18. The van der Waals surface area contributed by atoms with E-state index in [0.29, 0.717) is 0 Å². The second kappa shape index (κ2) is 5.32. The van der Waals surface area contributed by atoms with Gasteiger partial charge in [-0.05, 0) is 50.9 Å². The highest BCUT2D eigenvalue weighted by Gasteiger charge is 2.26. The van der Waals surface area contributed by atoms with Gasteiger partial charge in [0.1, 0.15) is 0 Å². The predicted molar refractivity (Wildman–Crippen MR) is 70.2 cm³/mol. The van der Waals surface area contributed by atoms with Crippen LogP contribution in [0.3, 0.4) is 0 Å². The summed E-state index contributed by atoms with van der Waals surface area (Å²) in [5.74, 6) is 0.204. The molecule has 1 N–H and O–H groups in total. The number of carbonyl (C=O) groups excluding carboxylic acids is 1. The van der Waals surface area contributed by atoms with Crippen LogP contribution in [-0.4, -0.2) is 25.0 Å². The summed E-state index contributed by atoms with van der Waals surface area (Å²) in [7, 11) is 0. The molecule has 3 heteroatoms. The minimum absolute atomic E-state index is 0.00969. The maximum Gasteiger partial charge on any atom is 0.244 e. The first-order valence-corrected chi connectivity index (χ1v) is 6.34. The Bertz CT molecular complexity index is 397. The Labute approximate surface area is 103 Å². The molecule has 0 saturated carbocycles. The monoisotopic (exact) mass is 232 g/mol. The number of nitrogens with one attached hydrogen (secondary N) is 1. The Morgan fingerprint density at radius 3 is 2.94 bits per heavy atom. The van der Waals surface area contributed by atoms with Crippen LogP contribution in [0.15, 0.2) is 24.3 Å². The zero-order valence-electron chi connectivity index (χ0n) is 10.6. The van der Waals surface area contributed by atoms with Crippen LogP contribution in [0.4, 0.5) is 5.69 Å². The van der Waals surface area contributed by atoms with Gasteiger partial charge in [0.25, 0.3) is 0 Å². The highest BCUT2D eigenvalue weighted by molar-refractivity contribution is 5.97. The molecule has 17 heavy (non-hydrogen) atoms. The van der Waals surface area contributed by atoms with Gasteiger partial charge in [0.2, 0.25) is 5.91 Å². The van der Waals surface area contributed by atoms with Crippen molar-refractivity contribution < 1.29 is 4.79 Å². The van der Waals surface area contributed by atoms with Gasteiger partial charge >= 0.3 is 0 Å². The van der Waals surface area contributed by atoms with Crippen LogP contribution in [0.2, 0.25) is 0 Å². The van der Waals surface area contributed by atoms with Crippen LogP contribution in [-0.2, 0) is 4.79 Å². The molecule has 1 fully saturated rings. The van der Waals surface area contributed by atoms with Crippen molar-refractivity contribution in [1.82, 2.24) is 5.32 Å². The molecule has 0 bridgehead atoms. The fourth-order valence-corrected chi connectivity index (χ4v) is 2.34. The average Bonchev–Trinajstić information content (AvgIpc) is 2.83. The van der Waals surface area contributed by atoms with Crippen molar-refractivity contribution in [3.8, 4) is 0 Å². The fourth-order valence-electron chi connectivity index (χ4n) is 2.34. The molecular formula is C14H20N2O. The molecule has 1 saturated heterocycles. The third kappa shape index (κ3) is 2.67. The molecule has 1 aliphatic rings. The highest BCUT2D eigenvalue weighted by atomic mass is 16.2. The first kappa shape index (κ1) is 12.1. The Kier molecular flexibility index (Phi) is 3.79. The second-order valence-electron chi connectivity index (χ2n) is 4.57. The Morgan fingerprint density at radius 1 is 1.53 bits per heavy atom. The van der Waals surface area contributed by atoms with Crippen LogP contribution in [0, 0.1) is 6.92 Å². The lowest BCUT2D eigenvalue weighted by molar-refractivity contribution is -0.120. The van der Waals surface area contributed by atoms with Gasteiger partial charge in [-0.2, -0.15) is 0 Å². The summed E-state index contributed by atoms with van der Waals surface area (Å²) >= 11 is 0. The zero-order valence-corrected chi connectivity index (χ0v) is 10.6. The van der Waals surface area contributed by atoms with E-state index in [9.17, 15) is 4.79 Å². The summed E-state index contributed by atoms with van der Waals surface area (Å²) < 4.78 is 0.